The summed E-state index contributed by atoms with van der Waals surface area (Å²) in [5.41, 5.74) is 0. The van der Waals surface area contributed by atoms with Crippen LogP contribution in [-0.4, -0.2) is 5.11 Å². The van der Waals surface area contributed by atoms with E-state index in [1.165, 1.54) is 22.6 Å². The van der Waals surface area contributed by atoms with Crippen molar-refractivity contribution in [2.75, 3.05) is 0 Å². The molecule has 0 saturated heterocycles. The average Bonchev–Trinajstić information content (AvgIpc) is 1.97. The quantitative estimate of drug-likeness (QED) is 0.437. The van der Waals surface area contributed by atoms with E-state index in [4.69, 9.17) is 5.11 Å². The van der Waals surface area contributed by atoms with E-state index in [0.717, 1.165) is 0 Å². The first-order valence-electron chi connectivity index (χ1n) is 2.56. The van der Waals surface area contributed by atoms with Crippen LogP contribution in [0.15, 0.2) is 6.07 Å². The maximum Gasteiger partial charge on any atom is 0.204 e. The highest BCUT2D eigenvalue weighted by Gasteiger charge is 2.15. The molecule has 0 unspecified atom stereocenters. The lowest BCUT2D eigenvalue weighted by Gasteiger charge is -1.99. The summed E-state index contributed by atoms with van der Waals surface area (Å²) in [6.07, 6.45) is 0. The van der Waals surface area contributed by atoms with Gasteiger partial charge in [0.25, 0.3) is 0 Å². The van der Waals surface area contributed by atoms with Crippen molar-refractivity contribution in [3.05, 3.63) is 27.1 Å². The van der Waals surface area contributed by atoms with Crippen LogP contribution < -0.4 is 0 Å². The zero-order valence-electron chi connectivity index (χ0n) is 5.04. The first kappa shape index (κ1) is 8.63. The summed E-state index contributed by atoms with van der Waals surface area (Å²) >= 11 is 1.43. The molecule has 0 saturated carbocycles. The lowest BCUT2D eigenvalue weighted by Crippen LogP contribution is -1.92. The normalized spacial score (nSPS) is 10.2. The monoisotopic (exact) mass is 274 g/mol. The molecule has 0 aliphatic rings. The zero-order valence-corrected chi connectivity index (χ0v) is 7.19. The molecule has 1 aromatic carbocycles. The second kappa shape index (κ2) is 2.88. The Balaban J connectivity index is 3.46. The minimum absolute atomic E-state index is 0.199. The van der Waals surface area contributed by atoms with Crippen LogP contribution in [-0.2, 0) is 0 Å². The van der Waals surface area contributed by atoms with Gasteiger partial charge < -0.3 is 5.11 Å². The number of benzene rings is 1. The molecule has 1 N–H and O–H groups in total. The highest BCUT2D eigenvalue weighted by atomic mass is 127. The van der Waals surface area contributed by atoms with Crippen LogP contribution in [0.25, 0.3) is 0 Å². The number of phenols is 1. The van der Waals surface area contributed by atoms with Gasteiger partial charge in [-0.05, 0) is 28.7 Å². The summed E-state index contributed by atoms with van der Waals surface area (Å²) in [6, 6.07) is 0.717. The van der Waals surface area contributed by atoms with E-state index < -0.39 is 23.2 Å². The summed E-state index contributed by atoms with van der Waals surface area (Å²) in [5.74, 6) is -5.21. The molecule has 0 amide bonds. The molecule has 0 aliphatic heterocycles. The van der Waals surface area contributed by atoms with Gasteiger partial charge in [0.15, 0.2) is 17.4 Å². The smallest absolute Gasteiger partial charge is 0.204 e. The molecule has 0 spiro atoms. The average molecular weight is 274 g/mol. The fourth-order valence-electron chi connectivity index (χ4n) is 0.557. The van der Waals surface area contributed by atoms with Crippen LogP contribution in [0.5, 0.6) is 5.75 Å². The highest BCUT2D eigenvalue weighted by molar-refractivity contribution is 14.1. The number of hydrogen-bond donors (Lipinski definition) is 1. The molecule has 1 rings (SSSR count). The molecule has 0 radical (unpaired) electrons. The van der Waals surface area contributed by atoms with Gasteiger partial charge in [-0.15, -0.1) is 0 Å². The lowest BCUT2D eigenvalue weighted by molar-refractivity contribution is 0.374. The Morgan fingerprint density at radius 1 is 1.18 bits per heavy atom. The zero-order chi connectivity index (χ0) is 8.59. The number of phenolic OH excluding ortho intramolecular Hbond substituents is 1. The Morgan fingerprint density at radius 3 is 2.27 bits per heavy atom. The molecule has 0 aromatic heterocycles. The fourth-order valence-corrected chi connectivity index (χ4v) is 1.07. The lowest BCUT2D eigenvalue weighted by atomic mass is 10.3. The van der Waals surface area contributed by atoms with Crippen molar-refractivity contribution in [1.29, 1.82) is 0 Å². The second-order valence-corrected chi connectivity index (χ2v) is 2.98. The standard InChI is InChI=1S/C6H2F3IO/c7-2-1-3(10)4(8)5(9)6(2)11/h1,11H. The van der Waals surface area contributed by atoms with E-state index >= 15 is 0 Å². The summed E-state index contributed by atoms with van der Waals surface area (Å²) in [4.78, 5) is 0. The van der Waals surface area contributed by atoms with Gasteiger partial charge in [-0.1, -0.05) is 0 Å². The van der Waals surface area contributed by atoms with Gasteiger partial charge in [0.2, 0.25) is 5.82 Å². The van der Waals surface area contributed by atoms with E-state index in [-0.39, 0.29) is 3.57 Å². The maximum absolute atomic E-state index is 12.5. The van der Waals surface area contributed by atoms with Crippen LogP contribution in [0.2, 0.25) is 0 Å². The molecular formula is C6H2F3IO. The summed E-state index contributed by atoms with van der Waals surface area (Å²) in [5, 5.41) is 8.52. The Labute approximate surface area is 74.0 Å². The molecule has 5 heteroatoms. The van der Waals surface area contributed by atoms with Crippen molar-refractivity contribution < 1.29 is 18.3 Å². The van der Waals surface area contributed by atoms with Crippen LogP contribution in [0.4, 0.5) is 13.2 Å². The SMILES string of the molecule is Oc1c(F)cc(I)c(F)c1F. The molecule has 0 fully saturated rings. The van der Waals surface area contributed by atoms with Gasteiger partial charge in [0, 0.05) is 0 Å². The minimum Gasteiger partial charge on any atom is -0.503 e. The van der Waals surface area contributed by atoms with Crippen molar-refractivity contribution in [3.8, 4) is 5.75 Å². The third-order valence-corrected chi connectivity index (χ3v) is 1.87. The van der Waals surface area contributed by atoms with E-state index in [9.17, 15) is 13.2 Å². The molecule has 1 nitrogen and oxygen atoms in total. The number of halogens is 4. The first-order valence-corrected chi connectivity index (χ1v) is 3.64. The van der Waals surface area contributed by atoms with E-state index in [2.05, 4.69) is 0 Å². The summed E-state index contributed by atoms with van der Waals surface area (Å²) in [7, 11) is 0. The van der Waals surface area contributed by atoms with Crippen molar-refractivity contribution in [2.45, 2.75) is 0 Å². The minimum atomic E-state index is -1.55. The summed E-state index contributed by atoms with van der Waals surface area (Å²) < 4.78 is 37.0. The van der Waals surface area contributed by atoms with Gasteiger partial charge in [0.1, 0.15) is 0 Å². The van der Waals surface area contributed by atoms with Crippen molar-refractivity contribution >= 4 is 22.6 Å². The highest BCUT2D eigenvalue weighted by Crippen LogP contribution is 2.25. The van der Waals surface area contributed by atoms with Crippen molar-refractivity contribution in [2.24, 2.45) is 0 Å². The van der Waals surface area contributed by atoms with Crippen LogP contribution >= 0.6 is 22.6 Å². The van der Waals surface area contributed by atoms with Crippen LogP contribution in [0.3, 0.4) is 0 Å². The topological polar surface area (TPSA) is 20.2 Å². The van der Waals surface area contributed by atoms with Crippen LogP contribution in [0.1, 0.15) is 0 Å². The van der Waals surface area contributed by atoms with Gasteiger partial charge >= 0.3 is 0 Å². The predicted octanol–water partition coefficient (Wildman–Crippen LogP) is 2.41. The van der Waals surface area contributed by atoms with E-state index in [1.54, 1.807) is 0 Å². The Hall–Kier alpha value is -0.460. The molecule has 60 valence electrons. The largest absolute Gasteiger partial charge is 0.503 e. The van der Waals surface area contributed by atoms with Gasteiger partial charge in [-0.2, -0.15) is 4.39 Å². The molecule has 1 aromatic rings. The molecule has 0 atom stereocenters. The third-order valence-electron chi connectivity index (χ3n) is 1.09. The fraction of sp³-hybridized carbons (Fsp3) is 0. The Morgan fingerprint density at radius 2 is 1.73 bits per heavy atom. The van der Waals surface area contributed by atoms with E-state index in [1.807, 2.05) is 0 Å². The molecule has 0 aliphatic carbocycles. The third kappa shape index (κ3) is 1.42. The van der Waals surface area contributed by atoms with Gasteiger partial charge in [-0.25, -0.2) is 8.78 Å². The molecule has 11 heavy (non-hydrogen) atoms. The van der Waals surface area contributed by atoms with Crippen molar-refractivity contribution in [1.82, 2.24) is 0 Å². The van der Waals surface area contributed by atoms with Crippen LogP contribution in [0, 0.1) is 21.0 Å². The first-order chi connectivity index (χ1) is 5.04. The Kier molecular flexibility index (Phi) is 2.26. The maximum atomic E-state index is 12.5. The molecule has 0 bridgehead atoms. The van der Waals surface area contributed by atoms with E-state index in [0.29, 0.717) is 6.07 Å². The Bertz CT molecular complexity index is 274. The second-order valence-electron chi connectivity index (χ2n) is 1.82. The predicted molar refractivity (Wildman–Crippen MR) is 40.7 cm³/mol. The number of hydrogen-bond acceptors (Lipinski definition) is 1. The molecular weight excluding hydrogens is 272 g/mol. The van der Waals surface area contributed by atoms with Gasteiger partial charge in [-0.3, -0.25) is 0 Å². The van der Waals surface area contributed by atoms with Crippen molar-refractivity contribution in [3.63, 3.8) is 0 Å². The number of rotatable bonds is 0. The number of aromatic hydroxyl groups is 1. The summed E-state index contributed by atoms with van der Waals surface area (Å²) in [6.45, 7) is 0. The molecule has 0 heterocycles. The van der Waals surface area contributed by atoms with Gasteiger partial charge in [0.05, 0.1) is 3.57 Å².